The molecule has 3 nitrogen and oxygen atoms in total. The molecule has 1 aromatic rings. The summed E-state index contributed by atoms with van der Waals surface area (Å²) in [5.74, 6) is 1.49. The first-order valence-electron chi connectivity index (χ1n) is 6.49. The molecule has 1 fully saturated rings. The van der Waals surface area contributed by atoms with Gasteiger partial charge in [-0.15, -0.1) is 12.4 Å². The Hall–Kier alpha value is -1.03. The molecule has 0 radical (unpaired) electrons. The van der Waals surface area contributed by atoms with Crippen LogP contribution in [0.3, 0.4) is 0 Å². The third-order valence-electron chi connectivity index (χ3n) is 3.42. The monoisotopic (exact) mass is 282 g/mol. The van der Waals surface area contributed by atoms with E-state index in [2.05, 4.69) is 30.5 Å². The van der Waals surface area contributed by atoms with Gasteiger partial charge in [0.25, 0.3) is 0 Å². The highest BCUT2D eigenvalue weighted by Crippen LogP contribution is 2.19. The Bertz CT molecular complexity index is 401. The molecular weight excluding hydrogens is 260 g/mol. The van der Waals surface area contributed by atoms with E-state index in [1.807, 2.05) is 12.1 Å². The molecule has 1 heterocycles. The van der Waals surface area contributed by atoms with Crippen LogP contribution in [0.15, 0.2) is 36.9 Å². The van der Waals surface area contributed by atoms with Crippen molar-refractivity contribution in [2.24, 2.45) is 11.7 Å². The van der Waals surface area contributed by atoms with E-state index in [0.29, 0.717) is 18.6 Å². The van der Waals surface area contributed by atoms with Crippen LogP contribution < -0.4 is 10.5 Å². The van der Waals surface area contributed by atoms with E-state index < -0.39 is 0 Å². The van der Waals surface area contributed by atoms with E-state index in [1.54, 1.807) is 6.08 Å². The molecule has 0 aromatic heterocycles. The molecule has 0 amide bonds. The summed E-state index contributed by atoms with van der Waals surface area (Å²) in [6.45, 7) is 9.43. The van der Waals surface area contributed by atoms with E-state index >= 15 is 0 Å². The van der Waals surface area contributed by atoms with Crippen molar-refractivity contribution in [2.45, 2.75) is 19.5 Å². The van der Waals surface area contributed by atoms with Crippen LogP contribution in [-0.2, 0) is 6.54 Å². The standard InChI is InChI=1S/C15H22N2O.ClH/c1-3-7-18-14-6-4-5-13(8-14)10-17-9-12(2)15(16)11-17;/h3-6,8,12,15H,1,7,9-11,16H2,2H3;1H. The minimum atomic E-state index is 0. The lowest BCUT2D eigenvalue weighted by Gasteiger charge is -2.15. The van der Waals surface area contributed by atoms with Gasteiger partial charge in [-0.05, 0) is 23.6 Å². The molecule has 2 unspecified atom stereocenters. The highest BCUT2D eigenvalue weighted by Gasteiger charge is 2.26. The Morgan fingerprint density at radius 1 is 1.47 bits per heavy atom. The summed E-state index contributed by atoms with van der Waals surface area (Å²) >= 11 is 0. The smallest absolute Gasteiger partial charge is 0.120 e. The van der Waals surface area contributed by atoms with E-state index in [9.17, 15) is 0 Å². The molecule has 19 heavy (non-hydrogen) atoms. The van der Waals surface area contributed by atoms with Crippen LogP contribution in [0, 0.1) is 5.92 Å². The van der Waals surface area contributed by atoms with Crippen molar-refractivity contribution in [3.05, 3.63) is 42.5 Å². The number of nitrogens with two attached hydrogens (primary N) is 1. The molecule has 2 atom stereocenters. The normalized spacial score (nSPS) is 22.8. The van der Waals surface area contributed by atoms with Gasteiger partial charge in [0.2, 0.25) is 0 Å². The third kappa shape index (κ3) is 4.53. The largest absolute Gasteiger partial charge is 0.490 e. The van der Waals surface area contributed by atoms with Crippen molar-refractivity contribution in [1.82, 2.24) is 4.90 Å². The predicted molar refractivity (Wildman–Crippen MR) is 81.8 cm³/mol. The summed E-state index contributed by atoms with van der Waals surface area (Å²) in [4.78, 5) is 2.40. The Labute approximate surface area is 121 Å². The number of hydrogen-bond donors (Lipinski definition) is 1. The van der Waals surface area contributed by atoms with Gasteiger partial charge in [-0.3, -0.25) is 4.90 Å². The highest BCUT2D eigenvalue weighted by atomic mass is 35.5. The molecule has 1 aliphatic heterocycles. The van der Waals surface area contributed by atoms with Gasteiger partial charge in [-0.1, -0.05) is 31.7 Å². The molecule has 1 aliphatic rings. The average Bonchev–Trinajstić information content (AvgIpc) is 2.66. The second-order valence-corrected chi connectivity index (χ2v) is 5.08. The molecule has 0 saturated carbocycles. The Morgan fingerprint density at radius 3 is 2.89 bits per heavy atom. The Kier molecular flexibility index (Phi) is 6.35. The van der Waals surface area contributed by atoms with Gasteiger partial charge in [0.15, 0.2) is 0 Å². The maximum Gasteiger partial charge on any atom is 0.120 e. The molecule has 4 heteroatoms. The number of ether oxygens (including phenoxy) is 1. The number of rotatable bonds is 5. The Balaban J connectivity index is 0.00000180. The van der Waals surface area contributed by atoms with E-state index in [-0.39, 0.29) is 12.4 Å². The second kappa shape index (κ2) is 7.53. The second-order valence-electron chi connectivity index (χ2n) is 5.08. The zero-order valence-electron chi connectivity index (χ0n) is 11.4. The van der Waals surface area contributed by atoms with Gasteiger partial charge in [-0.25, -0.2) is 0 Å². The molecular formula is C15H23ClN2O. The zero-order valence-corrected chi connectivity index (χ0v) is 12.2. The maximum atomic E-state index is 6.04. The first-order chi connectivity index (χ1) is 8.69. The summed E-state index contributed by atoms with van der Waals surface area (Å²) in [6, 6.07) is 8.55. The van der Waals surface area contributed by atoms with Crippen LogP contribution in [0.1, 0.15) is 12.5 Å². The first-order valence-corrected chi connectivity index (χ1v) is 6.49. The van der Waals surface area contributed by atoms with E-state index in [1.165, 1.54) is 5.56 Å². The molecule has 0 bridgehead atoms. The Morgan fingerprint density at radius 2 is 2.26 bits per heavy atom. The lowest BCUT2D eigenvalue weighted by Crippen LogP contribution is -2.28. The van der Waals surface area contributed by atoms with Crippen molar-refractivity contribution in [2.75, 3.05) is 19.7 Å². The predicted octanol–water partition coefficient (Wildman–Crippen LogP) is 2.45. The minimum absolute atomic E-state index is 0. The molecule has 1 aromatic carbocycles. The van der Waals surface area contributed by atoms with E-state index in [4.69, 9.17) is 10.5 Å². The molecule has 1 saturated heterocycles. The van der Waals surface area contributed by atoms with E-state index in [0.717, 1.165) is 25.4 Å². The van der Waals surface area contributed by atoms with Crippen LogP contribution in [0.2, 0.25) is 0 Å². The topological polar surface area (TPSA) is 38.5 Å². The van der Waals surface area contributed by atoms with Crippen molar-refractivity contribution in [1.29, 1.82) is 0 Å². The van der Waals surface area contributed by atoms with Crippen LogP contribution in [0.25, 0.3) is 0 Å². The molecule has 2 rings (SSSR count). The third-order valence-corrected chi connectivity index (χ3v) is 3.42. The van der Waals surface area contributed by atoms with Crippen molar-refractivity contribution in [3.8, 4) is 5.75 Å². The van der Waals surface area contributed by atoms with Crippen LogP contribution >= 0.6 is 12.4 Å². The summed E-state index contributed by atoms with van der Waals surface area (Å²) in [6.07, 6.45) is 1.76. The number of benzene rings is 1. The lowest BCUT2D eigenvalue weighted by atomic mass is 10.1. The molecule has 0 spiro atoms. The fourth-order valence-electron chi connectivity index (χ4n) is 2.37. The first kappa shape index (κ1) is 16.0. The van der Waals surface area contributed by atoms with Crippen molar-refractivity contribution >= 4 is 12.4 Å². The summed E-state index contributed by atoms with van der Waals surface area (Å²) in [5.41, 5.74) is 7.32. The van der Waals surface area contributed by atoms with Crippen LogP contribution in [-0.4, -0.2) is 30.6 Å². The summed E-state index contributed by atoms with van der Waals surface area (Å²) < 4.78 is 5.54. The molecule has 0 aliphatic carbocycles. The van der Waals surface area contributed by atoms with Gasteiger partial charge >= 0.3 is 0 Å². The highest BCUT2D eigenvalue weighted by molar-refractivity contribution is 5.85. The van der Waals surface area contributed by atoms with Gasteiger partial charge in [0.1, 0.15) is 12.4 Å². The number of hydrogen-bond acceptors (Lipinski definition) is 3. The van der Waals surface area contributed by atoms with Gasteiger partial charge in [0, 0.05) is 25.7 Å². The van der Waals surface area contributed by atoms with Crippen molar-refractivity contribution in [3.63, 3.8) is 0 Å². The lowest BCUT2D eigenvalue weighted by molar-refractivity contribution is 0.317. The van der Waals surface area contributed by atoms with Crippen molar-refractivity contribution < 1.29 is 4.74 Å². The number of nitrogens with zero attached hydrogens (tertiary/aromatic N) is 1. The quantitative estimate of drug-likeness (QED) is 0.843. The van der Waals surface area contributed by atoms with Crippen LogP contribution in [0.5, 0.6) is 5.75 Å². The number of likely N-dealkylation sites (tertiary alicyclic amines) is 1. The molecule has 2 N–H and O–H groups in total. The number of halogens is 1. The van der Waals surface area contributed by atoms with Gasteiger partial charge in [0.05, 0.1) is 0 Å². The fraction of sp³-hybridized carbons (Fsp3) is 0.467. The SMILES string of the molecule is C=CCOc1cccc(CN2CC(C)C(N)C2)c1.Cl. The average molecular weight is 283 g/mol. The van der Waals surface area contributed by atoms with Gasteiger partial charge in [-0.2, -0.15) is 0 Å². The zero-order chi connectivity index (χ0) is 13.0. The summed E-state index contributed by atoms with van der Waals surface area (Å²) in [7, 11) is 0. The fourth-order valence-corrected chi connectivity index (χ4v) is 2.37. The summed E-state index contributed by atoms with van der Waals surface area (Å²) in [5, 5.41) is 0. The molecule has 106 valence electrons. The maximum absolute atomic E-state index is 6.04. The van der Waals surface area contributed by atoms with Gasteiger partial charge < -0.3 is 10.5 Å². The minimum Gasteiger partial charge on any atom is -0.490 e. The van der Waals surface area contributed by atoms with Crippen LogP contribution in [0.4, 0.5) is 0 Å².